The van der Waals surface area contributed by atoms with Crippen LogP contribution < -0.4 is 0 Å². The normalized spacial score (nSPS) is 15.3. The predicted molar refractivity (Wildman–Crippen MR) is 162 cm³/mol. The molecule has 6 rings (SSSR count). The molecule has 0 aliphatic heterocycles. The number of fused-ring (bicyclic) bond motifs is 1. The van der Waals surface area contributed by atoms with E-state index in [1.165, 1.54) is 28.8 Å². The van der Waals surface area contributed by atoms with E-state index in [1.807, 2.05) is 36.5 Å². The number of hydrogen-bond donors (Lipinski definition) is 0. The van der Waals surface area contributed by atoms with E-state index >= 15 is 0 Å². The van der Waals surface area contributed by atoms with E-state index in [9.17, 15) is 0 Å². The highest BCUT2D eigenvalue weighted by molar-refractivity contribution is 5.86. The quantitative estimate of drug-likeness (QED) is 0.191. The van der Waals surface area contributed by atoms with Gasteiger partial charge in [-0.25, -0.2) is 4.98 Å². The van der Waals surface area contributed by atoms with Crippen LogP contribution in [0, 0.1) is 6.92 Å². The molecule has 0 N–H and O–H groups in total. The van der Waals surface area contributed by atoms with E-state index in [-0.39, 0.29) is 6.04 Å². The van der Waals surface area contributed by atoms with Gasteiger partial charge in [0.2, 0.25) is 5.89 Å². The molecule has 0 radical (unpaired) electrons. The van der Waals surface area contributed by atoms with Gasteiger partial charge in [-0.05, 0) is 74.1 Å². The third-order valence-electron chi connectivity index (χ3n) is 7.62. The predicted octanol–water partition coefficient (Wildman–Crippen LogP) is 8.38. The van der Waals surface area contributed by atoms with Crippen LogP contribution in [0.25, 0.3) is 22.8 Å². The Kier molecular flexibility index (Phi) is 7.64. The Morgan fingerprint density at radius 3 is 2.52 bits per heavy atom. The van der Waals surface area contributed by atoms with Crippen molar-refractivity contribution in [3.63, 3.8) is 0 Å². The molecule has 0 saturated heterocycles. The molecule has 3 aromatic carbocycles. The standard InChI is InChI=1S/C35H34N4O/c1-25-10-6-7-15-31(25)38-26(2)23-39(32-16-8-13-29-14-9-21-36-34(29)32)24-27-17-19-30(20-18-27)35-37-22-33(40-35)28-11-4-3-5-12-28/h3-7,9-12,14-15,17-22,32H,8,13,16,23-24H2,1-2H3/b38-26+. The van der Waals surface area contributed by atoms with E-state index in [2.05, 4.69) is 84.4 Å². The number of oxazole rings is 1. The van der Waals surface area contributed by atoms with Crippen molar-refractivity contribution in [2.45, 2.75) is 45.7 Å². The summed E-state index contributed by atoms with van der Waals surface area (Å²) in [6, 6.07) is 31.5. The highest BCUT2D eigenvalue weighted by Crippen LogP contribution is 2.34. The summed E-state index contributed by atoms with van der Waals surface area (Å²) in [7, 11) is 0. The molecule has 2 aromatic heterocycles. The molecule has 1 atom stereocenters. The Labute approximate surface area is 236 Å². The minimum atomic E-state index is 0.256. The molecule has 5 heteroatoms. The van der Waals surface area contributed by atoms with Crippen molar-refractivity contribution in [2.24, 2.45) is 4.99 Å². The summed E-state index contributed by atoms with van der Waals surface area (Å²) in [6.45, 7) is 5.83. The van der Waals surface area contributed by atoms with E-state index in [0.29, 0.717) is 5.89 Å². The summed E-state index contributed by atoms with van der Waals surface area (Å²) in [5.41, 5.74) is 9.14. The second-order valence-corrected chi connectivity index (χ2v) is 10.6. The van der Waals surface area contributed by atoms with Crippen molar-refractivity contribution < 1.29 is 4.42 Å². The number of nitrogens with zero attached hydrogens (tertiary/aromatic N) is 4. The zero-order valence-electron chi connectivity index (χ0n) is 23.1. The number of hydrogen-bond acceptors (Lipinski definition) is 5. The number of rotatable bonds is 8. The van der Waals surface area contributed by atoms with Crippen LogP contribution in [-0.2, 0) is 13.0 Å². The number of benzene rings is 3. The third-order valence-corrected chi connectivity index (χ3v) is 7.62. The largest absolute Gasteiger partial charge is 0.436 e. The molecule has 0 fully saturated rings. The lowest BCUT2D eigenvalue weighted by atomic mass is 9.90. The van der Waals surface area contributed by atoms with Crippen LogP contribution in [0.5, 0.6) is 0 Å². The fourth-order valence-corrected chi connectivity index (χ4v) is 5.57. The van der Waals surface area contributed by atoms with Crippen LogP contribution in [-0.4, -0.2) is 27.1 Å². The third kappa shape index (κ3) is 5.80. The second kappa shape index (κ2) is 11.8. The molecule has 5 aromatic rings. The summed E-state index contributed by atoms with van der Waals surface area (Å²) in [5.74, 6) is 1.41. The summed E-state index contributed by atoms with van der Waals surface area (Å²) < 4.78 is 6.08. The molecule has 1 unspecified atom stereocenters. The Balaban J connectivity index is 1.25. The first kappa shape index (κ1) is 25.9. The van der Waals surface area contributed by atoms with Gasteiger partial charge in [0, 0.05) is 36.1 Å². The number of aliphatic imine (C=N–C) groups is 1. The monoisotopic (exact) mass is 526 g/mol. The molecular weight excluding hydrogens is 492 g/mol. The van der Waals surface area contributed by atoms with Gasteiger partial charge >= 0.3 is 0 Å². The van der Waals surface area contributed by atoms with Crippen LogP contribution in [0.1, 0.15) is 48.2 Å². The van der Waals surface area contributed by atoms with Gasteiger partial charge in [0.1, 0.15) is 0 Å². The van der Waals surface area contributed by atoms with Crippen molar-refractivity contribution in [3.05, 3.63) is 126 Å². The first-order valence-corrected chi connectivity index (χ1v) is 14.0. The lowest BCUT2D eigenvalue weighted by Crippen LogP contribution is -2.35. The summed E-state index contributed by atoms with van der Waals surface area (Å²) in [4.78, 5) is 16.9. The zero-order chi connectivity index (χ0) is 27.3. The van der Waals surface area contributed by atoms with Gasteiger partial charge in [0.05, 0.1) is 23.6 Å². The second-order valence-electron chi connectivity index (χ2n) is 10.6. The molecule has 0 saturated carbocycles. The molecular formula is C35H34N4O. The topological polar surface area (TPSA) is 54.5 Å². The molecule has 200 valence electrons. The van der Waals surface area contributed by atoms with Crippen molar-refractivity contribution in [2.75, 3.05) is 6.54 Å². The smallest absolute Gasteiger partial charge is 0.226 e. The molecule has 0 bridgehead atoms. The number of pyridine rings is 1. The van der Waals surface area contributed by atoms with Crippen LogP contribution >= 0.6 is 0 Å². The highest BCUT2D eigenvalue weighted by atomic mass is 16.4. The Morgan fingerprint density at radius 2 is 1.70 bits per heavy atom. The maximum atomic E-state index is 6.08. The molecule has 2 heterocycles. The van der Waals surface area contributed by atoms with Crippen molar-refractivity contribution >= 4 is 11.4 Å². The van der Waals surface area contributed by atoms with Crippen LogP contribution in [0.4, 0.5) is 5.69 Å². The molecule has 1 aliphatic rings. The van der Waals surface area contributed by atoms with Crippen molar-refractivity contribution in [1.29, 1.82) is 0 Å². The van der Waals surface area contributed by atoms with Gasteiger partial charge in [-0.1, -0.05) is 66.7 Å². The van der Waals surface area contributed by atoms with Crippen LogP contribution in [0.3, 0.4) is 0 Å². The summed E-state index contributed by atoms with van der Waals surface area (Å²) in [6.07, 6.45) is 7.08. The fourth-order valence-electron chi connectivity index (χ4n) is 5.57. The van der Waals surface area contributed by atoms with Gasteiger partial charge in [-0.15, -0.1) is 0 Å². The minimum absolute atomic E-state index is 0.256. The first-order chi connectivity index (χ1) is 19.6. The van der Waals surface area contributed by atoms with E-state index in [1.54, 1.807) is 6.20 Å². The molecule has 1 aliphatic carbocycles. The highest BCUT2D eigenvalue weighted by Gasteiger charge is 2.27. The van der Waals surface area contributed by atoms with E-state index < -0.39 is 0 Å². The fraction of sp³-hybridized carbons (Fsp3) is 0.229. The van der Waals surface area contributed by atoms with Gasteiger partial charge in [-0.3, -0.25) is 14.9 Å². The molecule has 0 spiro atoms. The van der Waals surface area contributed by atoms with Gasteiger partial charge < -0.3 is 4.42 Å². The van der Waals surface area contributed by atoms with Crippen molar-refractivity contribution in [1.82, 2.24) is 14.9 Å². The minimum Gasteiger partial charge on any atom is -0.436 e. The van der Waals surface area contributed by atoms with Crippen molar-refractivity contribution in [3.8, 4) is 22.8 Å². The molecule has 40 heavy (non-hydrogen) atoms. The summed E-state index contributed by atoms with van der Waals surface area (Å²) >= 11 is 0. The Hall–Kier alpha value is -4.35. The number of aromatic nitrogens is 2. The average Bonchev–Trinajstić information content (AvgIpc) is 3.49. The van der Waals surface area contributed by atoms with Crippen LogP contribution in [0.15, 0.2) is 113 Å². The van der Waals surface area contributed by atoms with Gasteiger partial charge in [0.15, 0.2) is 5.76 Å². The lowest BCUT2D eigenvalue weighted by Gasteiger charge is -2.35. The number of para-hydroxylation sites is 1. The molecule has 5 nitrogen and oxygen atoms in total. The van der Waals surface area contributed by atoms with E-state index in [0.717, 1.165) is 54.2 Å². The SMILES string of the molecule is C/C(CN(Cc1ccc(-c2ncc(-c3ccccc3)o2)cc1)C1CCCc2cccnc21)=N\c1ccccc1C. The maximum absolute atomic E-state index is 6.08. The molecule has 0 amide bonds. The maximum Gasteiger partial charge on any atom is 0.226 e. The van der Waals surface area contributed by atoms with Gasteiger partial charge in [-0.2, -0.15) is 0 Å². The number of aryl methyl sites for hydroxylation is 2. The van der Waals surface area contributed by atoms with Gasteiger partial charge in [0.25, 0.3) is 0 Å². The lowest BCUT2D eigenvalue weighted by molar-refractivity contribution is 0.191. The first-order valence-electron chi connectivity index (χ1n) is 14.0. The van der Waals surface area contributed by atoms with E-state index in [4.69, 9.17) is 14.4 Å². The average molecular weight is 527 g/mol. The zero-order valence-corrected chi connectivity index (χ0v) is 23.1. The van der Waals surface area contributed by atoms with Crippen LogP contribution in [0.2, 0.25) is 0 Å². The Bertz CT molecular complexity index is 1600. The summed E-state index contributed by atoms with van der Waals surface area (Å²) in [5, 5.41) is 0. The Morgan fingerprint density at radius 1 is 0.900 bits per heavy atom.